The molecule has 0 bridgehead atoms. The molecular formula is C17H23N3O2S2. The van der Waals surface area contributed by atoms with Gasteiger partial charge in [-0.05, 0) is 38.2 Å². The van der Waals surface area contributed by atoms with E-state index in [4.69, 9.17) is 0 Å². The summed E-state index contributed by atoms with van der Waals surface area (Å²) < 4.78 is 23.8. The van der Waals surface area contributed by atoms with Crippen LogP contribution in [0, 0.1) is 13.8 Å². The third kappa shape index (κ3) is 5.21. The number of aromatic nitrogens is 2. The smallest absolute Gasteiger partial charge is 0.180 e. The predicted octanol–water partition coefficient (Wildman–Crippen LogP) is 3.12. The number of aryl methyl sites for hydroxylation is 2. The topological polar surface area (TPSA) is 63.2 Å². The molecule has 0 radical (unpaired) electrons. The molecule has 1 heterocycles. The molecule has 0 atom stereocenters. The van der Waals surface area contributed by atoms with E-state index in [1.54, 1.807) is 18.7 Å². The van der Waals surface area contributed by atoms with Crippen LogP contribution < -0.4 is 4.90 Å². The van der Waals surface area contributed by atoms with Crippen molar-refractivity contribution in [3.63, 3.8) is 0 Å². The predicted molar refractivity (Wildman–Crippen MR) is 99.7 cm³/mol. The van der Waals surface area contributed by atoms with Gasteiger partial charge >= 0.3 is 0 Å². The first kappa shape index (κ1) is 18.7. The van der Waals surface area contributed by atoms with Crippen LogP contribution >= 0.6 is 11.8 Å². The van der Waals surface area contributed by atoms with Crippen molar-refractivity contribution in [3.05, 3.63) is 41.9 Å². The SMILES string of the molecule is Cc1ccc(SCCCN(C)c2nc(C)ncc2S(C)(=O)=O)cc1. The van der Waals surface area contributed by atoms with E-state index in [0.717, 1.165) is 18.7 Å². The second-order valence-corrected chi connectivity index (χ2v) is 8.97. The van der Waals surface area contributed by atoms with E-state index in [1.165, 1.54) is 22.9 Å². The molecule has 130 valence electrons. The summed E-state index contributed by atoms with van der Waals surface area (Å²) in [6.45, 7) is 4.57. The lowest BCUT2D eigenvalue weighted by molar-refractivity contribution is 0.600. The van der Waals surface area contributed by atoms with E-state index in [1.807, 2.05) is 11.9 Å². The maximum Gasteiger partial charge on any atom is 0.180 e. The highest BCUT2D eigenvalue weighted by Gasteiger charge is 2.18. The number of rotatable bonds is 7. The van der Waals surface area contributed by atoms with Gasteiger partial charge < -0.3 is 4.90 Å². The molecular weight excluding hydrogens is 342 g/mol. The van der Waals surface area contributed by atoms with Crippen molar-refractivity contribution in [2.75, 3.05) is 30.5 Å². The Morgan fingerprint density at radius 2 is 1.83 bits per heavy atom. The van der Waals surface area contributed by atoms with Gasteiger partial charge in [0.1, 0.15) is 10.7 Å². The molecule has 24 heavy (non-hydrogen) atoms. The summed E-state index contributed by atoms with van der Waals surface area (Å²) in [7, 11) is -1.48. The van der Waals surface area contributed by atoms with Crippen LogP contribution in [0.5, 0.6) is 0 Å². The first-order valence-corrected chi connectivity index (χ1v) is 10.6. The monoisotopic (exact) mass is 365 g/mol. The summed E-state index contributed by atoms with van der Waals surface area (Å²) in [6, 6.07) is 8.46. The third-order valence-electron chi connectivity index (χ3n) is 3.55. The average molecular weight is 366 g/mol. The van der Waals surface area contributed by atoms with Crippen LogP contribution in [0.15, 0.2) is 40.3 Å². The van der Waals surface area contributed by atoms with Crippen molar-refractivity contribution in [2.24, 2.45) is 0 Å². The lowest BCUT2D eigenvalue weighted by Crippen LogP contribution is -2.23. The second-order valence-electron chi connectivity index (χ2n) is 5.81. The maximum atomic E-state index is 11.9. The second kappa shape index (κ2) is 7.98. The number of nitrogens with zero attached hydrogens (tertiary/aromatic N) is 3. The van der Waals surface area contributed by atoms with Crippen LogP contribution in [0.25, 0.3) is 0 Å². The number of sulfone groups is 1. The standard InChI is InChI=1S/C17H23N3O2S2/c1-13-6-8-15(9-7-13)23-11-5-10-20(3)17-16(24(4,21)22)12-18-14(2)19-17/h6-9,12H,5,10-11H2,1-4H3. The fraction of sp³-hybridized carbons (Fsp3) is 0.412. The highest BCUT2D eigenvalue weighted by molar-refractivity contribution is 7.99. The molecule has 0 fully saturated rings. The largest absolute Gasteiger partial charge is 0.358 e. The van der Waals surface area contributed by atoms with E-state index < -0.39 is 9.84 Å². The molecule has 0 aliphatic heterocycles. The molecule has 0 N–H and O–H groups in total. The summed E-state index contributed by atoms with van der Waals surface area (Å²) in [6.07, 6.45) is 3.51. The van der Waals surface area contributed by atoms with Crippen molar-refractivity contribution < 1.29 is 8.42 Å². The Morgan fingerprint density at radius 3 is 2.46 bits per heavy atom. The first-order valence-electron chi connectivity index (χ1n) is 7.71. The molecule has 0 amide bonds. The van der Waals surface area contributed by atoms with Crippen LogP contribution in [0.4, 0.5) is 5.82 Å². The van der Waals surface area contributed by atoms with Gasteiger partial charge in [0.2, 0.25) is 0 Å². The molecule has 2 aromatic rings. The van der Waals surface area contributed by atoms with Crippen LogP contribution in [-0.2, 0) is 9.84 Å². The lowest BCUT2D eigenvalue weighted by Gasteiger charge is -2.20. The molecule has 0 aliphatic rings. The maximum absolute atomic E-state index is 11.9. The number of hydrogen-bond acceptors (Lipinski definition) is 6. The molecule has 7 heteroatoms. The quantitative estimate of drug-likeness (QED) is 0.555. The van der Waals surface area contributed by atoms with E-state index in [2.05, 4.69) is 41.2 Å². The van der Waals surface area contributed by atoms with E-state index in [-0.39, 0.29) is 4.90 Å². The summed E-state index contributed by atoms with van der Waals surface area (Å²) in [5.41, 5.74) is 1.26. The lowest BCUT2D eigenvalue weighted by atomic mass is 10.2. The normalized spacial score (nSPS) is 11.5. The molecule has 1 aromatic carbocycles. The zero-order valence-corrected chi connectivity index (χ0v) is 16.1. The Hall–Kier alpha value is -1.60. The molecule has 5 nitrogen and oxygen atoms in total. The number of thioether (sulfide) groups is 1. The van der Waals surface area contributed by atoms with Gasteiger partial charge in [-0.15, -0.1) is 11.8 Å². The minimum Gasteiger partial charge on any atom is -0.358 e. The van der Waals surface area contributed by atoms with Crippen molar-refractivity contribution in [2.45, 2.75) is 30.1 Å². The van der Waals surface area contributed by atoms with Crippen molar-refractivity contribution in [1.29, 1.82) is 0 Å². The zero-order chi connectivity index (χ0) is 17.7. The van der Waals surface area contributed by atoms with Crippen molar-refractivity contribution in [3.8, 4) is 0 Å². The Kier molecular flexibility index (Phi) is 6.23. The molecule has 0 spiro atoms. The third-order valence-corrected chi connectivity index (χ3v) is 5.73. The molecule has 1 aromatic heterocycles. The fourth-order valence-corrected chi connectivity index (χ4v) is 3.83. The number of hydrogen-bond donors (Lipinski definition) is 0. The van der Waals surface area contributed by atoms with E-state index in [0.29, 0.717) is 11.6 Å². The summed E-state index contributed by atoms with van der Waals surface area (Å²) in [4.78, 5) is 11.6. The Balaban J connectivity index is 1.96. The Bertz CT molecular complexity index is 790. The highest BCUT2D eigenvalue weighted by atomic mass is 32.2. The first-order chi connectivity index (χ1) is 11.3. The molecule has 0 unspecified atom stereocenters. The van der Waals surface area contributed by atoms with Gasteiger partial charge in [0.25, 0.3) is 0 Å². The van der Waals surface area contributed by atoms with Gasteiger partial charge in [-0.3, -0.25) is 0 Å². The van der Waals surface area contributed by atoms with Gasteiger partial charge in [-0.2, -0.15) is 0 Å². The van der Waals surface area contributed by atoms with Crippen LogP contribution in [0.2, 0.25) is 0 Å². The van der Waals surface area contributed by atoms with Crippen molar-refractivity contribution in [1.82, 2.24) is 9.97 Å². The number of anilines is 1. The van der Waals surface area contributed by atoms with Gasteiger partial charge in [-0.25, -0.2) is 18.4 Å². The summed E-state index contributed by atoms with van der Waals surface area (Å²) >= 11 is 1.80. The van der Waals surface area contributed by atoms with Gasteiger partial charge in [0, 0.05) is 24.7 Å². The zero-order valence-electron chi connectivity index (χ0n) is 14.5. The highest BCUT2D eigenvalue weighted by Crippen LogP contribution is 2.23. The minimum atomic E-state index is -3.34. The van der Waals surface area contributed by atoms with Crippen molar-refractivity contribution >= 4 is 27.4 Å². The van der Waals surface area contributed by atoms with Gasteiger partial charge in [0.05, 0.1) is 6.20 Å². The Morgan fingerprint density at radius 1 is 1.17 bits per heavy atom. The molecule has 2 rings (SSSR count). The average Bonchev–Trinajstić information content (AvgIpc) is 2.51. The minimum absolute atomic E-state index is 0.182. The molecule has 0 aliphatic carbocycles. The van der Waals surface area contributed by atoms with Gasteiger partial charge in [-0.1, -0.05) is 17.7 Å². The fourth-order valence-electron chi connectivity index (χ4n) is 2.21. The van der Waals surface area contributed by atoms with Crippen LogP contribution in [0.1, 0.15) is 17.8 Å². The van der Waals surface area contributed by atoms with Crippen LogP contribution in [0.3, 0.4) is 0 Å². The number of benzene rings is 1. The van der Waals surface area contributed by atoms with E-state index in [9.17, 15) is 8.42 Å². The Labute approximate surface area is 148 Å². The van der Waals surface area contributed by atoms with E-state index >= 15 is 0 Å². The van der Waals surface area contributed by atoms with Crippen LogP contribution in [-0.4, -0.2) is 44.0 Å². The van der Waals surface area contributed by atoms with Gasteiger partial charge in [0.15, 0.2) is 15.7 Å². The summed E-state index contributed by atoms with van der Waals surface area (Å²) in [5.74, 6) is 2.01. The summed E-state index contributed by atoms with van der Waals surface area (Å²) in [5, 5.41) is 0. The molecule has 0 saturated heterocycles. The molecule has 0 saturated carbocycles.